The van der Waals surface area contributed by atoms with Gasteiger partial charge in [0.2, 0.25) is 0 Å². The summed E-state index contributed by atoms with van der Waals surface area (Å²) in [6.45, 7) is 0. The van der Waals surface area contributed by atoms with Crippen molar-refractivity contribution in [2.75, 3.05) is 19.0 Å². The minimum atomic E-state index is -0.335. The van der Waals surface area contributed by atoms with Gasteiger partial charge in [-0.2, -0.15) is 0 Å². The highest BCUT2D eigenvalue weighted by atomic mass is 16.1. The molecule has 0 atom stereocenters. The molecule has 0 fully saturated rings. The molecule has 0 spiro atoms. The number of hydrogen-bond acceptors (Lipinski definition) is 3. The Morgan fingerprint density at radius 1 is 0.720 bits per heavy atom. The molecule has 2 N–H and O–H groups in total. The first kappa shape index (κ1) is 16.5. The van der Waals surface area contributed by atoms with Crippen LogP contribution in [-0.4, -0.2) is 24.1 Å². The summed E-state index contributed by atoms with van der Waals surface area (Å²) >= 11 is 0. The third-order valence-electron chi connectivity index (χ3n) is 3.82. The van der Waals surface area contributed by atoms with Crippen molar-refractivity contribution in [1.29, 1.82) is 0 Å². The van der Waals surface area contributed by atoms with E-state index in [0.717, 1.165) is 16.8 Å². The summed E-state index contributed by atoms with van der Waals surface area (Å²) in [5.41, 5.74) is 2.08. The maximum absolute atomic E-state index is 12.3. The van der Waals surface area contributed by atoms with Crippen LogP contribution in [0.4, 0.5) is 5.69 Å². The molecule has 0 amide bonds. The van der Waals surface area contributed by atoms with Crippen LogP contribution in [0.15, 0.2) is 64.2 Å². The molecule has 126 valence electrons. The third kappa shape index (κ3) is 3.95. The zero-order chi connectivity index (χ0) is 17.8. The molecule has 5 nitrogen and oxygen atoms in total. The summed E-state index contributed by atoms with van der Waals surface area (Å²) in [4.78, 5) is 31.8. The van der Waals surface area contributed by atoms with Gasteiger partial charge in [-0.05, 0) is 35.4 Å². The molecule has 1 heterocycles. The molecular formula is C20H19N3O2. The molecule has 0 bridgehead atoms. The Bertz CT molecular complexity index is 1090. The molecule has 0 aliphatic heterocycles. The van der Waals surface area contributed by atoms with Gasteiger partial charge in [0.25, 0.3) is 11.1 Å². The molecule has 0 saturated carbocycles. The molecule has 1 aromatic heterocycles. The Morgan fingerprint density at radius 3 is 1.68 bits per heavy atom. The van der Waals surface area contributed by atoms with Gasteiger partial charge < -0.3 is 14.9 Å². The zero-order valence-electron chi connectivity index (χ0n) is 14.1. The van der Waals surface area contributed by atoms with Gasteiger partial charge in [0.15, 0.2) is 0 Å². The summed E-state index contributed by atoms with van der Waals surface area (Å²) in [5.74, 6) is 0. The molecule has 2 aromatic carbocycles. The highest BCUT2D eigenvalue weighted by Gasteiger charge is 1.98. The number of rotatable bonds is 3. The first-order chi connectivity index (χ1) is 12.0. The van der Waals surface area contributed by atoms with Crippen molar-refractivity contribution in [1.82, 2.24) is 9.97 Å². The Labute approximate surface area is 144 Å². The monoisotopic (exact) mass is 333 g/mol. The fourth-order valence-corrected chi connectivity index (χ4v) is 2.45. The van der Waals surface area contributed by atoms with Crippen LogP contribution in [0, 0.1) is 0 Å². The summed E-state index contributed by atoms with van der Waals surface area (Å²) in [5, 5.41) is 0.462. The van der Waals surface area contributed by atoms with Crippen molar-refractivity contribution in [2.45, 2.75) is 0 Å². The largest absolute Gasteiger partial charge is 0.378 e. The van der Waals surface area contributed by atoms with E-state index in [1.807, 2.05) is 73.6 Å². The number of anilines is 1. The maximum Gasteiger partial charge on any atom is 0.272 e. The van der Waals surface area contributed by atoms with Gasteiger partial charge in [-0.25, -0.2) is 0 Å². The number of nitrogens with zero attached hydrogens (tertiary/aromatic N) is 1. The smallest absolute Gasteiger partial charge is 0.272 e. The van der Waals surface area contributed by atoms with Gasteiger partial charge in [-0.15, -0.1) is 0 Å². The van der Waals surface area contributed by atoms with Crippen LogP contribution in [0.5, 0.6) is 0 Å². The summed E-state index contributed by atoms with van der Waals surface area (Å²) in [7, 11) is 3.92. The zero-order valence-corrected chi connectivity index (χ0v) is 14.1. The number of aromatic amines is 2. The van der Waals surface area contributed by atoms with E-state index in [9.17, 15) is 9.59 Å². The van der Waals surface area contributed by atoms with Crippen molar-refractivity contribution < 1.29 is 0 Å². The molecule has 3 rings (SSSR count). The van der Waals surface area contributed by atoms with Crippen LogP contribution < -0.4 is 26.7 Å². The van der Waals surface area contributed by atoms with Gasteiger partial charge in [-0.1, -0.05) is 42.5 Å². The van der Waals surface area contributed by atoms with Crippen LogP contribution in [0.1, 0.15) is 11.1 Å². The minimum Gasteiger partial charge on any atom is -0.378 e. The van der Waals surface area contributed by atoms with Crippen LogP contribution in [-0.2, 0) is 0 Å². The highest BCUT2D eigenvalue weighted by molar-refractivity contribution is 5.55. The summed E-state index contributed by atoms with van der Waals surface area (Å²) < 4.78 is 0. The predicted molar refractivity (Wildman–Crippen MR) is 101 cm³/mol. The Balaban J connectivity index is 2.05. The molecule has 0 saturated heterocycles. The topological polar surface area (TPSA) is 69.0 Å². The number of aromatic nitrogens is 2. The lowest BCUT2D eigenvalue weighted by Crippen LogP contribution is -2.46. The van der Waals surface area contributed by atoms with Gasteiger partial charge in [0.05, 0.1) is 0 Å². The van der Waals surface area contributed by atoms with Crippen LogP contribution in [0.2, 0.25) is 0 Å². The maximum atomic E-state index is 12.3. The predicted octanol–water partition coefficient (Wildman–Crippen LogP) is 0.787. The average Bonchev–Trinajstić information content (AvgIpc) is 2.60. The van der Waals surface area contributed by atoms with E-state index in [1.165, 1.54) is 0 Å². The molecule has 0 unspecified atom stereocenters. The van der Waals surface area contributed by atoms with E-state index >= 15 is 0 Å². The van der Waals surface area contributed by atoms with Gasteiger partial charge in [0.1, 0.15) is 10.7 Å². The van der Waals surface area contributed by atoms with E-state index in [1.54, 1.807) is 12.2 Å². The lowest BCUT2D eigenvalue weighted by Gasteiger charge is -2.11. The second kappa shape index (κ2) is 7.05. The quantitative estimate of drug-likeness (QED) is 0.744. The van der Waals surface area contributed by atoms with E-state index in [2.05, 4.69) is 9.97 Å². The van der Waals surface area contributed by atoms with Crippen molar-refractivity contribution >= 4 is 17.8 Å². The minimum absolute atomic E-state index is 0.229. The Hall–Kier alpha value is -3.34. The average molecular weight is 333 g/mol. The Morgan fingerprint density at radius 2 is 1.20 bits per heavy atom. The van der Waals surface area contributed by atoms with Crippen LogP contribution >= 0.6 is 0 Å². The normalized spacial score (nSPS) is 12.4. The number of benzene rings is 2. The molecule has 25 heavy (non-hydrogen) atoms. The number of H-pyrrole nitrogens is 2. The van der Waals surface area contributed by atoms with Crippen molar-refractivity contribution in [3.63, 3.8) is 0 Å². The number of hydrogen-bond donors (Lipinski definition) is 2. The van der Waals surface area contributed by atoms with E-state index in [4.69, 9.17) is 0 Å². The molecule has 0 aliphatic carbocycles. The van der Waals surface area contributed by atoms with Crippen LogP contribution in [0.3, 0.4) is 0 Å². The highest BCUT2D eigenvalue weighted by Crippen LogP contribution is 2.12. The lowest BCUT2D eigenvalue weighted by molar-refractivity contribution is 1.00. The Kier molecular flexibility index (Phi) is 4.66. The second-order valence-electron chi connectivity index (χ2n) is 5.92. The van der Waals surface area contributed by atoms with E-state index < -0.39 is 0 Å². The van der Waals surface area contributed by atoms with Crippen molar-refractivity contribution in [3.8, 4) is 0 Å². The van der Waals surface area contributed by atoms with Gasteiger partial charge >= 0.3 is 0 Å². The fourth-order valence-electron chi connectivity index (χ4n) is 2.45. The third-order valence-corrected chi connectivity index (χ3v) is 3.82. The first-order valence-electron chi connectivity index (χ1n) is 7.91. The van der Waals surface area contributed by atoms with Crippen molar-refractivity contribution in [3.05, 3.63) is 97.1 Å². The van der Waals surface area contributed by atoms with Gasteiger partial charge in [0, 0.05) is 19.8 Å². The fraction of sp³-hybridized carbons (Fsp3) is 0.100. The summed E-state index contributed by atoms with van der Waals surface area (Å²) in [6.07, 6.45) is 3.31. The van der Waals surface area contributed by atoms with E-state index in [0.29, 0.717) is 0 Å². The standard InChI is InChI=1S/C20H19N3O2/c1-23(2)16-10-8-15(9-11-16)13-18-20(25)21-17(19(24)22-18)12-14-6-4-3-5-7-14/h3-13H,1-2H3,(H,21,25)(H,22,24)/b17-12-,18-13-. The van der Waals surface area contributed by atoms with Crippen LogP contribution in [0.25, 0.3) is 12.2 Å². The molecule has 3 aromatic rings. The van der Waals surface area contributed by atoms with E-state index in [-0.39, 0.29) is 21.8 Å². The van der Waals surface area contributed by atoms with Crippen molar-refractivity contribution in [2.24, 2.45) is 0 Å². The second-order valence-corrected chi connectivity index (χ2v) is 5.92. The lowest BCUT2D eigenvalue weighted by atomic mass is 10.2. The molecule has 5 heteroatoms. The van der Waals surface area contributed by atoms with Gasteiger partial charge in [-0.3, -0.25) is 9.59 Å². The first-order valence-corrected chi connectivity index (χ1v) is 7.91. The molecular weight excluding hydrogens is 314 g/mol. The SMILES string of the molecule is CN(C)c1ccc(/C=c2\[nH]c(=O)/c(=C/c3ccccc3)[nH]c2=O)cc1. The molecule has 0 aliphatic rings. The molecule has 0 radical (unpaired) electrons. The number of nitrogens with one attached hydrogen (secondary N) is 2. The summed E-state index contributed by atoms with van der Waals surface area (Å²) in [6, 6.07) is 17.1.